The van der Waals surface area contributed by atoms with Gasteiger partial charge in [0.25, 0.3) is 0 Å². The maximum absolute atomic E-state index is 12.3. The minimum atomic E-state index is -0.660. The normalized spacial score (nSPS) is 24.1. The molecule has 1 aliphatic rings. The van der Waals surface area contributed by atoms with E-state index in [9.17, 15) is 9.59 Å². The second-order valence-corrected chi connectivity index (χ2v) is 5.13. The number of rotatable bonds is 5. The van der Waals surface area contributed by atoms with E-state index in [4.69, 9.17) is 11.2 Å². The van der Waals surface area contributed by atoms with Crippen molar-refractivity contribution in [2.24, 2.45) is 5.41 Å². The second kappa shape index (κ2) is 7.15. The molecule has 0 aromatic rings. The van der Waals surface area contributed by atoms with Crippen LogP contribution in [-0.4, -0.2) is 38.1 Å². The van der Waals surface area contributed by atoms with E-state index in [1.54, 1.807) is 0 Å². The van der Waals surface area contributed by atoms with Crippen LogP contribution >= 0.6 is 0 Å². The SMILES string of the molecule is C#CCC[C@H](NC(=O)C1(C)CCCNC1)C(=O)OC. The van der Waals surface area contributed by atoms with Gasteiger partial charge in [-0.1, -0.05) is 0 Å². The Kier molecular flexibility index (Phi) is 5.84. The highest BCUT2D eigenvalue weighted by atomic mass is 16.5. The summed E-state index contributed by atoms with van der Waals surface area (Å²) < 4.78 is 4.69. The molecule has 1 fully saturated rings. The highest BCUT2D eigenvalue weighted by Gasteiger charge is 2.36. The molecule has 5 heteroatoms. The number of piperidine rings is 1. The lowest BCUT2D eigenvalue weighted by atomic mass is 9.81. The summed E-state index contributed by atoms with van der Waals surface area (Å²) in [4.78, 5) is 23.9. The molecule has 1 amide bonds. The number of methoxy groups -OCH3 is 1. The first-order valence-electron chi connectivity index (χ1n) is 6.56. The Bertz CT molecular complexity index is 367. The number of hydrogen-bond donors (Lipinski definition) is 2. The number of terminal acetylenes is 1. The molecule has 2 atom stereocenters. The van der Waals surface area contributed by atoms with Gasteiger partial charge in [0.2, 0.25) is 5.91 Å². The molecule has 0 spiro atoms. The summed E-state index contributed by atoms with van der Waals surface area (Å²) >= 11 is 0. The van der Waals surface area contributed by atoms with Gasteiger partial charge in [-0.3, -0.25) is 4.79 Å². The maximum Gasteiger partial charge on any atom is 0.328 e. The molecular formula is C14H22N2O3. The Morgan fingerprint density at radius 3 is 2.84 bits per heavy atom. The summed E-state index contributed by atoms with van der Waals surface area (Å²) in [6.45, 7) is 3.46. The lowest BCUT2D eigenvalue weighted by Crippen LogP contribution is -2.53. The summed E-state index contributed by atoms with van der Waals surface area (Å²) in [5.74, 6) is 1.90. The Hall–Kier alpha value is -1.54. The lowest BCUT2D eigenvalue weighted by Gasteiger charge is -2.33. The standard InChI is InChI=1S/C14H22N2O3/c1-4-5-7-11(12(17)19-3)16-13(18)14(2)8-6-9-15-10-14/h1,11,15H,5-10H2,2-3H3,(H,16,18)/t11-,14?/m0/s1. The Morgan fingerprint density at radius 2 is 2.32 bits per heavy atom. The number of hydrogen-bond acceptors (Lipinski definition) is 4. The molecule has 1 unspecified atom stereocenters. The van der Waals surface area contributed by atoms with Crippen LogP contribution in [0.15, 0.2) is 0 Å². The fourth-order valence-corrected chi connectivity index (χ4v) is 2.20. The molecule has 5 nitrogen and oxygen atoms in total. The average molecular weight is 266 g/mol. The predicted octanol–water partition coefficient (Wildman–Crippen LogP) is 0.447. The minimum Gasteiger partial charge on any atom is -0.467 e. The van der Waals surface area contributed by atoms with Crippen LogP contribution in [0.1, 0.15) is 32.6 Å². The van der Waals surface area contributed by atoms with Crippen molar-refractivity contribution in [1.82, 2.24) is 10.6 Å². The zero-order valence-corrected chi connectivity index (χ0v) is 11.6. The van der Waals surface area contributed by atoms with Crippen LogP contribution in [0.2, 0.25) is 0 Å². The molecule has 1 aliphatic heterocycles. The number of carbonyl (C=O) groups excluding carboxylic acids is 2. The van der Waals surface area contributed by atoms with Crippen LogP contribution < -0.4 is 10.6 Å². The molecule has 0 saturated carbocycles. The third-order valence-corrected chi connectivity index (χ3v) is 3.51. The molecule has 2 N–H and O–H groups in total. The van der Waals surface area contributed by atoms with E-state index in [0.717, 1.165) is 19.4 Å². The zero-order chi connectivity index (χ0) is 14.3. The molecule has 106 valence electrons. The smallest absolute Gasteiger partial charge is 0.328 e. The number of ether oxygens (including phenoxy) is 1. The van der Waals surface area contributed by atoms with Crippen LogP contribution in [0, 0.1) is 17.8 Å². The van der Waals surface area contributed by atoms with E-state index in [1.165, 1.54) is 7.11 Å². The molecule has 0 radical (unpaired) electrons. The summed E-state index contributed by atoms with van der Waals surface area (Å²) in [5.41, 5.74) is -0.472. The van der Waals surface area contributed by atoms with E-state index in [1.807, 2.05) is 6.92 Å². The molecule has 0 aliphatic carbocycles. The summed E-state index contributed by atoms with van der Waals surface area (Å²) in [6, 6.07) is -0.660. The fourth-order valence-electron chi connectivity index (χ4n) is 2.20. The van der Waals surface area contributed by atoms with Gasteiger partial charge < -0.3 is 15.4 Å². The molecule has 19 heavy (non-hydrogen) atoms. The Labute approximate surface area is 114 Å². The third kappa shape index (κ3) is 4.25. The molecule has 0 aromatic heterocycles. The van der Waals surface area contributed by atoms with E-state index in [2.05, 4.69) is 16.6 Å². The zero-order valence-electron chi connectivity index (χ0n) is 11.6. The van der Waals surface area contributed by atoms with Gasteiger partial charge in [0.15, 0.2) is 0 Å². The van der Waals surface area contributed by atoms with Gasteiger partial charge in [0.05, 0.1) is 12.5 Å². The first kappa shape index (κ1) is 15.5. The molecule has 1 heterocycles. The van der Waals surface area contributed by atoms with E-state index >= 15 is 0 Å². The van der Waals surface area contributed by atoms with Gasteiger partial charge in [-0.15, -0.1) is 12.3 Å². The lowest BCUT2D eigenvalue weighted by molar-refractivity contribution is -0.146. The molecule has 0 aromatic carbocycles. The van der Waals surface area contributed by atoms with Crippen molar-refractivity contribution in [1.29, 1.82) is 0 Å². The summed E-state index contributed by atoms with van der Waals surface area (Å²) in [7, 11) is 1.31. The van der Waals surface area contributed by atoms with Gasteiger partial charge in [-0.25, -0.2) is 4.79 Å². The number of esters is 1. The van der Waals surface area contributed by atoms with Crippen LogP contribution in [0.5, 0.6) is 0 Å². The van der Waals surface area contributed by atoms with Crippen LogP contribution in [-0.2, 0) is 14.3 Å². The number of nitrogens with one attached hydrogen (secondary N) is 2. The van der Waals surface area contributed by atoms with Crippen LogP contribution in [0.4, 0.5) is 0 Å². The first-order valence-corrected chi connectivity index (χ1v) is 6.56. The Morgan fingerprint density at radius 1 is 1.58 bits per heavy atom. The van der Waals surface area contributed by atoms with Crippen molar-refractivity contribution < 1.29 is 14.3 Å². The fraction of sp³-hybridized carbons (Fsp3) is 0.714. The molecule has 0 bridgehead atoms. The van der Waals surface area contributed by atoms with Gasteiger partial charge in [-0.2, -0.15) is 0 Å². The van der Waals surface area contributed by atoms with Gasteiger partial charge in [-0.05, 0) is 32.7 Å². The van der Waals surface area contributed by atoms with Gasteiger partial charge in [0.1, 0.15) is 6.04 Å². The predicted molar refractivity (Wildman–Crippen MR) is 72.2 cm³/mol. The minimum absolute atomic E-state index is 0.118. The molecule has 1 rings (SSSR count). The van der Waals surface area contributed by atoms with Crippen molar-refractivity contribution in [3.05, 3.63) is 0 Å². The third-order valence-electron chi connectivity index (χ3n) is 3.51. The van der Waals surface area contributed by atoms with E-state index < -0.39 is 17.4 Å². The van der Waals surface area contributed by atoms with Crippen LogP contribution in [0.3, 0.4) is 0 Å². The van der Waals surface area contributed by atoms with Crippen molar-refractivity contribution in [2.45, 2.75) is 38.6 Å². The summed E-state index contributed by atoms with van der Waals surface area (Å²) in [5, 5.41) is 5.97. The number of amides is 1. The van der Waals surface area contributed by atoms with Crippen molar-refractivity contribution in [2.75, 3.05) is 20.2 Å². The molecule has 1 saturated heterocycles. The van der Waals surface area contributed by atoms with Gasteiger partial charge in [0, 0.05) is 13.0 Å². The quantitative estimate of drug-likeness (QED) is 0.560. The van der Waals surface area contributed by atoms with Crippen LogP contribution in [0.25, 0.3) is 0 Å². The first-order chi connectivity index (χ1) is 9.03. The second-order valence-electron chi connectivity index (χ2n) is 5.13. The van der Waals surface area contributed by atoms with Crippen molar-refractivity contribution in [3.8, 4) is 12.3 Å². The maximum atomic E-state index is 12.3. The summed E-state index contributed by atoms with van der Waals surface area (Å²) in [6.07, 6.45) is 7.79. The van der Waals surface area contributed by atoms with Crippen molar-refractivity contribution in [3.63, 3.8) is 0 Å². The highest BCUT2D eigenvalue weighted by Crippen LogP contribution is 2.25. The topological polar surface area (TPSA) is 67.4 Å². The highest BCUT2D eigenvalue weighted by molar-refractivity contribution is 5.88. The van der Waals surface area contributed by atoms with E-state index in [0.29, 0.717) is 19.4 Å². The van der Waals surface area contributed by atoms with Gasteiger partial charge >= 0.3 is 5.97 Å². The Balaban J connectivity index is 2.64. The molecular weight excluding hydrogens is 244 g/mol. The van der Waals surface area contributed by atoms with Crippen molar-refractivity contribution >= 4 is 11.9 Å². The monoisotopic (exact) mass is 266 g/mol. The van der Waals surface area contributed by atoms with E-state index in [-0.39, 0.29) is 5.91 Å². The number of carbonyl (C=O) groups is 2. The average Bonchev–Trinajstić information content (AvgIpc) is 2.43. The largest absolute Gasteiger partial charge is 0.467 e.